The monoisotopic (exact) mass is 266 g/mol. The third kappa shape index (κ3) is 2.86. The van der Waals surface area contributed by atoms with Crippen molar-refractivity contribution in [1.82, 2.24) is 20.2 Å². The minimum absolute atomic E-state index is 0.314. The topological polar surface area (TPSA) is 98.3 Å². The molecule has 0 unspecified atom stereocenters. The molecule has 1 aromatic heterocycles. The number of carboxylic acids is 1. The van der Waals surface area contributed by atoms with Crippen LogP contribution in [-0.2, 0) is 11.3 Å². The normalized spacial score (nSPS) is 17.1. The number of carboxylic acid groups (broad SMARTS) is 1. The van der Waals surface area contributed by atoms with Gasteiger partial charge in [-0.3, -0.25) is 0 Å². The van der Waals surface area contributed by atoms with Crippen LogP contribution in [0.15, 0.2) is 12.4 Å². The smallest absolute Gasteiger partial charge is 0.329 e. The number of hydrogen-bond donors (Lipinski definition) is 3. The molecule has 1 fully saturated rings. The summed E-state index contributed by atoms with van der Waals surface area (Å²) in [5, 5.41) is 11.9. The quantitative estimate of drug-likeness (QED) is 0.755. The lowest BCUT2D eigenvalue weighted by molar-refractivity contribution is -0.144. The van der Waals surface area contributed by atoms with Crippen LogP contribution in [0, 0.1) is 0 Å². The van der Waals surface area contributed by atoms with Crippen molar-refractivity contribution in [1.29, 1.82) is 0 Å². The van der Waals surface area contributed by atoms with Crippen molar-refractivity contribution >= 4 is 12.0 Å². The van der Waals surface area contributed by atoms with Crippen LogP contribution in [0.2, 0.25) is 0 Å². The first-order valence-electron chi connectivity index (χ1n) is 6.28. The first-order chi connectivity index (χ1) is 9.03. The Hall–Kier alpha value is -2.05. The molecule has 2 amide bonds. The molecule has 7 nitrogen and oxygen atoms in total. The summed E-state index contributed by atoms with van der Waals surface area (Å²) >= 11 is 0. The Balaban J connectivity index is 1.97. The largest absolute Gasteiger partial charge is 0.480 e. The van der Waals surface area contributed by atoms with Crippen LogP contribution < -0.4 is 5.32 Å². The van der Waals surface area contributed by atoms with Gasteiger partial charge in [0.15, 0.2) is 0 Å². The maximum absolute atomic E-state index is 12.0. The number of hydrogen-bond acceptors (Lipinski definition) is 3. The number of aromatic amines is 1. The van der Waals surface area contributed by atoms with Gasteiger partial charge in [-0.15, -0.1) is 0 Å². The highest BCUT2D eigenvalue weighted by Crippen LogP contribution is 2.30. The zero-order chi connectivity index (χ0) is 13.9. The molecule has 0 aromatic carbocycles. The van der Waals surface area contributed by atoms with E-state index in [0.717, 1.165) is 12.8 Å². The van der Waals surface area contributed by atoms with E-state index in [0.29, 0.717) is 25.2 Å². The summed E-state index contributed by atoms with van der Waals surface area (Å²) in [5.41, 5.74) is -1.10. The fourth-order valence-corrected chi connectivity index (χ4v) is 2.35. The molecule has 0 saturated heterocycles. The van der Waals surface area contributed by atoms with Gasteiger partial charge in [0.05, 0.1) is 6.54 Å². The Morgan fingerprint density at radius 1 is 1.53 bits per heavy atom. The van der Waals surface area contributed by atoms with Crippen molar-refractivity contribution in [3.05, 3.63) is 18.2 Å². The zero-order valence-corrected chi connectivity index (χ0v) is 10.8. The summed E-state index contributed by atoms with van der Waals surface area (Å²) < 4.78 is 0. The minimum atomic E-state index is -1.10. The molecule has 1 saturated carbocycles. The van der Waals surface area contributed by atoms with Gasteiger partial charge in [0, 0.05) is 19.4 Å². The van der Waals surface area contributed by atoms with E-state index in [4.69, 9.17) is 0 Å². The zero-order valence-electron chi connectivity index (χ0n) is 10.8. The maximum atomic E-state index is 12.0. The third-order valence-electron chi connectivity index (χ3n) is 3.50. The number of rotatable bonds is 4. The van der Waals surface area contributed by atoms with E-state index in [1.807, 2.05) is 0 Å². The van der Waals surface area contributed by atoms with Crippen LogP contribution in [0.5, 0.6) is 0 Å². The number of amides is 2. The van der Waals surface area contributed by atoms with E-state index >= 15 is 0 Å². The van der Waals surface area contributed by atoms with Crippen LogP contribution in [0.25, 0.3) is 0 Å². The Kier molecular flexibility index (Phi) is 3.73. The summed E-state index contributed by atoms with van der Waals surface area (Å²) in [6, 6.07) is -0.388. The number of H-pyrrole nitrogens is 1. The molecular weight excluding hydrogens is 248 g/mol. The first-order valence-corrected chi connectivity index (χ1v) is 6.28. The number of nitrogens with one attached hydrogen (secondary N) is 2. The van der Waals surface area contributed by atoms with E-state index in [1.165, 1.54) is 4.90 Å². The highest BCUT2D eigenvalue weighted by atomic mass is 16.4. The van der Waals surface area contributed by atoms with E-state index in [-0.39, 0.29) is 6.03 Å². The minimum Gasteiger partial charge on any atom is -0.480 e. The number of aromatic nitrogens is 2. The highest BCUT2D eigenvalue weighted by molar-refractivity contribution is 5.86. The van der Waals surface area contributed by atoms with Crippen LogP contribution in [0.3, 0.4) is 0 Å². The molecule has 1 aromatic rings. The van der Waals surface area contributed by atoms with Gasteiger partial charge < -0.3 is 20.3 Å². The summed E-state index contributed by atoms with van der Waals surface area (Å²) in [6.45, 7) is 0.314. The fourth-order valence-electron chi connectivity index (χ4n) is 2.35. The van der Waals surface area contributed by atoms with Crippen LogP contribution in [0.1, 0.15) is 31.5 Å². The first kappa shape index (κ1) is 13.4. The van der Waals surface area contributed by atoms with E-state index in [2.05, 4.69) is 15.3 Å². The maximum Gasteiger partial charge on any atom is 0.329 e. The molecule has 0 spiro atoms. The molecule has 19 heavy (non-hydrogen) atoms. The number of carbonyl (C=O) groups is 2. The lowest BCUT2D eigenvalue weighted by Crippen LogP contribution is -2.55. The number of urea groups is 1. The summed E-state index contributed by atoms with van der Waals surface area (Å²) in [6.07, 6.45) is 5.92. The molecule has 7 heteroatoms. The van der Waals surface area contributed by atoms with Crippen molar-refractivity contribution in [3.8, 4) is 0 Å². The number of aliphatic carboxylic acids is 1. The van der Waals surface area contributed by atoms with Gasteiger partial charge in [-0.2, -0.15) is 0 Å². The second-order valence-electron chi connectivity index (χ2n) is 4.92. The molecule has 3 N–H and O–H groups in total. The van der Waals surface area contributed by atoms with Crippen molar-refractivity contribution in [2.45, 2.75) is 37.8 Å². The molecular formula is C12H18N4O3. The van der Waals surface area contributed by atoms with E-state index in [9.17, 15) is 14.7 Å². The molecule has 0 aliphatic heterocycles. The molecule has 2 rings (SSSR count). The molecule has 0 atom stereocenters. The Morgan fingerprint density at radius 3 is 2.74 bits per heavy atom. The molecule has 0 bridgehead atoms. The van der Waals surface area contributed by atoms with Crippen molar-refractivity contribution in [3.63, 3.8) is 0 Å². The van der Waals surface area contributed by atoms with Gasteiger partial charge in [-0.05, 0) is 12.8 Å². The summed E-state index contributed by atoms with van der Waals surface area (Å²) in [7, 11) is 1.61. The van der Waals surface area contributed by atoms with Gasteiger partial charge in [-0.25, -0.2) is 14.6 Å². The van der Waals surface area contributed by atoms with Crippen molar-refractivity contribution < 1.29 is 14.7 Å². The van der Waals surface area contributed by atoms with Crippen LogP contribution in [-0.4, -0.2) is 44.6 Å². The van der Waals surface area contributed by atoms with Crippen LogP contribution in [0.4, 0.5) is 4.79 Å². The molecule has 0 radical (unpaired) electrons. The summed E-state index contributed by atoms with van der Waals surface area (Å²) in [4.78, 5) is 31.7. The number of imidazole rings is 1. The van der Waals surface area contributed by atoms with Gasteiger partial charge >= 0.3 is 12.0 Å². The van der Waals surface area contributed by atoms with Gasteiger partial charge in [0.25, 0.3) is 0 Å². The lowest BCUT2D eigenvalue weighted by Gasteiger charge is -2.28. The average molecular weight is 266 g/mol. The lowest BCUT2D eigenvalue weighted by atomic mass is 9.98. The van der Waals surface area contributed by atoms with Crippen molar-refractivity contribution in [2.75, 3.05) is 7.05 Å². The standard InChI is InChI=1S/C12H18N4O3/c1-16(8-9-13-6-7-14-9)11(19)15-12(10(17)18)4-2-3-5-12/h6-7H,2-5,8H2,1H3,(H,13,14)(H,15,19)(H,17,18). The Labute approximate surface area is 111 Å². The molecule has 104 valence electrons. The number of nitrogens with zero attached hydrogens (tertiary/aromatic N) is 2. The van der Waals surface area contributed by atoms with Crippen molar-refractivity contribution in [2.24, 2.45) is 0 Å². The van der Waals surface area contributed by atoms with Crippen LogP contribution >= 0.6 is 0 Å². The average Bonchev–Trinajstić information content (AvgIpc) is 3.00. The molecule has 1 heterocycles. The third-order valence-corrected chi connectivity index (χ3v) is 3.50. The Morgan fingerprint density at radius 2 is 2.21 bits per heavy atom. The van der Waals surface area contributed by atoms with E-state index in [1.54, 1.807) is 19.4 Å². The van der Waals surface area contributed by atoms with Gasteiger partial charge in [-0.1, -0.05) is 12.8 Å². The highest BCUT2D eigenvalue weighted by Gasteiger charge is 2.43. The number of carbonyl (C=O) groups excluding carboxylic acids is 1. The second-order valence-corrected chi connectivity index (χ2v) is 4.92. The second kappa shape index (κ2) is 5.29. The predicted octanol–water partition coefficient (Wildman–Crippen LogP) is 0.948. The van der Waals surface area contributed by atoms with Gasteiger partial charge in [0.1, 0.15) is 11.4 Å². The molecule has 1 aliphatic carbocycles. The Bertz CT molecular complexity index is 452. The van der Waals surface area contributed by atoms with Gasteiger partial charge in [0.2, 0.25) is 0 Å². The fraction of sp³-hybridized carbons (Fsp3) is 0.583. The summed E-state index contributed by atoms with van der Waals surface area (Å²) in [5.74, 6) is -0.293. The predicted molar refractivity (Wildman–Crippen MR) is 67.4 cm³/mol. The van der Waals surface area contributed by atoms with E-state index < -0.39 is 11.5 Å². The SMILES string of the molecule is CN(Cc1ncc[nH]1)C(=O)NC1(C(=O)O)CCCC1. The molecule has 1 aliphatic rings.